The normalized spacial score (nSPS) is 19.5. The zero-order valence-corrected chi connectivity index (χ0v) is 19.2. The first-order chi connectivity index (χ1) is 15.0. The molecule has 1 aliphatic rings. The van der Waals surface area contributed by atoms with E-state index in [1.165, 1.54) is 0 Å². The van der Waals surface area contributed by atoms with Gasteiger partial charge in [-0.05, 0) is 42.9 Å². The van der Waals surface area contributed by atoms with Crippen molar-refractivity contribution in [1.29, 1.82) is 0 Å². The van der Waals surface area contributed by atoms with Crippen LogP contribution < -0.4 is 10.6 Å². The topological polar surface area (TPSA) is 74.6 Å². The molecule has 1 fully saturated rings. The number of guanidine groups is 1. The Kier molecular flexibility index (Phi) is 8.09. The number of amides is 1. The highest BCUT2D eigenvalue weighted by Crippen LogP contribution is 2.27. The molecular formula is C24H36N6O. The zero-order valence-electron chi connectivity index (χ0n) is 19.2. The smallest absolute Gasteiger partial charge is 0.224 e. The number of benzene rings is 1. The second-order valence-electron chi connectivity index (χ2n) is 8.81. The van der Waals surface area contributed by atoms with Gasteiger partial charge in [0, 0.05) is 44.1 Å². The molecule has 2 unspecified atom stereocenters. The van der Waals surface area contributed by atoms with Crippen LogP contribution in [0.2, 0.25) is 0 Å². The average Bonchev–Trinajstić information content (AvgIpc) is 3.26. The number of anilines is 1. The molecule has 2 atom stereocenters. The molecule has 0 aliphatic carbocycles. The maximum absolute atomic E-state index is 12.1. The van der Waals surface area contributed by atoms with Gasteiger partial charge in [-0.15, -0.1) is 0 Å². The molecule has 1 saturated heterocycles. The van der Waals surface area contributed by atoms with E-state index in [1.807, 2.05) is 50.8 Å². The first-order valence-electron chi connectivity index (χ1n) is 11.4. The number of nitrogens with one attached hydrogen (secondary N) is 2. The summed E-state index contributed by atoms with van der Waals surface area (Å²) < 4.78 is 2.21. The Morgan fingerprint density at radius 3 is 2.90 bits per heavy atom. The first-order valence-corrected chi connectivity index (χ1v) is 11.4. The van der Waals surface area contributed by atoms with Crippen LogP contribution in [0, 0.1) is 11.8 Å². The number of nitrogens with zero attached hydrogens (tertiary/aromatic N) is 4. The van der Waals surface area contributed by atoms with Crippen molar-refractivity contribution in [2.75, 3.05) is 25.0 Å². The van der Waals surface area contributed by atoms with Crippen LogP contribution in [-0.4, -0.2) is 46.0 Å². The molecule has 2 aromatic rings. The first kappa shape index (κ1) is 22.8. The highest BCUT2D eigenvalue weighted by molar-refractivity contribution is 5.90. The highest BCUT2D eigenvalue weighted by atomic mass is 16.1. The molecule has 3 rings (SSSR count). The summed E-state index contributed by atoms with van der Waals surface area (Å²) >= 11 is 0. The Morgan fingerprint density at radius 2 is 2.19 bits per heavy atom. The molecule has 168 valence electrons. The van der Waals surface area contributed by atoms with Gasteiger partial charge in [-0.2, -0.15) is 0 Å². The second-order valence-corrected chi connectivity index (χ2v) is 8.81. The van der Waals surface area contributed by atoms with E-state index >= 15 is 0 Å². The van der Waals surface area contributed by atoms with E-state index in [9.17, 15) is 4.79 Å². The lowest BCUT2D eigenvalue weighted by Gasteiger charge is -2.39. The minimum atomic E-state index is 0.0528. The van der Waals surface area contributed by atoms with Crippen LogP contribution in [-0.2, 0) is 11.3 Å². The van der Waals surface area contributed by atoms with Crippen molar-refractivity contribution in [3.63, 3.8) is 0 Å². The van der Waals surface area contributed by atoms with Crippen molar-refractivity contribution < 1.29 is 4.79 Å². The molecule has 2 N–H and O–H groups in total. The van der Waals surface area contributed by atoms with Gasteiger partial charge in [-0.3, -0.25) is 4.79 Å². The summed E-state index contributed by atoms with van der Waals surface area (Å²) in [7, 11) is 0. The molecule has 1 aliphatic heterocycles. The number of carbonyl (C=O) groups excluding carboxylic acids is 1. The summed E-state index contributed by atoms with van der Waals surface area (Å²) in [6.45, 7) is 11.8. The number of rotatable bonds is 7. The third-order valence-electron chi connectivity index (χ3n) is 5.68. The monoisotopic (exact) mass is 424 g/mol. The van der Waals surface area contributed by atoms with Crippen LogP contribution in [0.5, 0.6) is 0 Å². The number of hydrogen-bond acceptors (Lipinski definition) is 3. The molecule has 1 amide bonds. The number of imidazole rings is 1. The third-order valence-corrected chi connectivity index (χ3v) is 5.68. The Morgan fingerprint density at radius 1 is 1.35 bits per heavy atom. The molecule has 7 nitrogen and oxygen atoms in total. The van der Waals surface area contributed by atoms with Crippen molar-refractivity contribution in [3.05, 3.63) is 48.5 Å². The Hall–Kier alpha value is -2.83. The van der Waals surface area contributed by atoms with Gasteiger partial charge in [0.05, 0.1) is 18.9 Å². The number of hydrogen-bond donors (Lipinski definition) is 2. The largest absolute Gasteiger partial charge is 0.357 e. The van der Waals surface area contributed by atoms with E-state index in [4.69, 9.17) is 4.99 Å². The van der Waals surface area contributed by atoms with Gasteiger partial charge in [0.25, 0.3) is 0 Å². The molecule has 0 saturated carbocycles. The van der Waals surface area contributed by atoms with Crippen molar-refractivity contribution in [1.82, 2.24) is 19.8 Å². The van der Waals surface area contributed by atoms with Crippen LogP contribution in [0.25, 0.3) is 0 Å². The fourth-order valence-corrected chi connectivity index (χ4v) is 4.02. The molecule has 2 heterocycles. The summed E-state index contributed by atoms with van der Waals surface area (Å²) in [5.41, 5.74) is 1.91. The molecular weight excluding hydrogens is 388 g/mol. The molecule has 1 aromatic heterocycles. The molecule has 0 radical (unpaired) electrons. The number of aromatic nitrogens is 2. The number of carbonyl (C=O) groups is 1. The number of aliphatic imine (C=N–C) groups is 1. The van der Waals surface area contributed by atoms with Gasteiger partial charge < -0.3 is 20.1 Å². The Bertz CT molecular complexity index is 861. The minimum absolute atomic E-state index is 0.0528. The van der Waals surface area contributed by atoms with Crippen molar-refractivity contribution >= 4 is 17.6 Å². The van der Waals surface area contributed by atoms with Gasteiger partial charge in [0.2, 0.25) is 5.91 Å². The zero-order chi connectivity index (χ0) is 22.2. The number of likely N-dealkylation sites (tertiary alicyclic amines) is 1. The van der Waals surface area contributed by atoms with Crippen LogP contribution in [0.3, 0.4) is 0 Å². The van der Waals surface area contributed by atoms with Crippen molar-refractivity contribution in [3.8, 4) is 0 Å². The minimum Gasteiger partial charge on any atom is -0.357 e. The van der Waals surface area contributed by atoms with E-state index in [0.29, 0.717) is 30.8 Å². The van der Waals surface area contributed by atoms with Crippen molar-refractivity contribution in [2.45, 2.75) is 53.1 Å². The SMILES string of the molecule is CCNC(=NCc1cccc(NC(=O)CC(C)C)c1)N1CCC(C)C(n2ccnc2)C1. The molecule has 0 spiro atoms. The lowest BCUT2D eigenvalue weighted by Crippen LogP contribution is -2.49. The summed E-state index contributed by atoms with van der Waals surface area (Å²) in [6, 6.07) is 8.36. The Labute approximate surface area is 186 Å². The van der Waals surface area contributed by atoms with Gasteiger partial charge in [-0.25, -0.2) is 9.98 Å². The summed E-state index contributed by atoms with van der Waals surface area (Å²) in [4.78, 5) is 23.6. The van der Waals surface area contributed by atoms with Gasteiger partial charge >= 0.3 is 0 Å². The van der Waals surface area contributed by atoms with E-state index in [0.717, 1.165) is 43.3 Å². The van der Waals surface area contributed by atoms with E-state index in [1.54, 1.807) is 0 Å². The van der Waals surface area contributed by atoms with E-state index in [2.05, 4.69) is 45.0 Å². The van der Waals surface area contributed by atoms with Crippen LogP contribution in [0.15, 0.2) is 48.0 Å². The second kappa shape index (κ2) is 11.0. The lowest BCUT2D eigenvalue weighted by molar-refractivity contribution is -0.116. The summed E-state index contributed by atoms with van der Waals surface area (Å²) in [6.07, 6.45) is 7.45. The maximum Gasteiger partial charge on any atom is 0.224 e. The molecule has 7 heteroatoms. The van der Waals surface area contributed by atoms with Crippen LogP contribution in [0.4, 0.5) is 5.69 Å². The van der Waals surface area contributed by atoms with Gasteiger partial charge in [0.15, 0.2) is 5.96 Å². The van der Waals surface area contributed by atoms with Crippen LogP contribution >= 0.6 is 0 Å². The Balaban J connectivity index is 1.68. The highest BCUT2D eigenvalue weighted by Gasteiger charge is 2.28. The fraction of sp³-hybridized carbons (Fsp3) is 0.542. The molecule has 1 aromatic carbocycles. The maximum atomic E-state index is 12.1. The average molecular weight is 425 g/mol. The molecule has 31 heavy (non-hydrogen) atoms. The predicted molar refractivity (Wildman–Crippen MR) is 126 cm³/mol. The van der Waals surface area contributed by atoms with Crippen LogP contribution in [0.1, 0.15) is 52.1 Å². The standard InChI is InChI=1S/C24H36N6O/c1-5-26-24(29-11-9-19(4)22(16-29)30-12-10-25-17-30)27-15-20-7-6-8-21(14-20)28-23(31)13-18(2)3/h6-8,10,12,14,17-19,22H,5,9,11,13,15-16H2,1-4H3,(H,26,27)(H,28,31). The molecule has 0 bridgehead atoms. The predicted octanol–water partition coefficient (Wildman–Crippen LogP) is 3.92. The fourth-order valence-electron chi connectivity index (χ4n) is 4.02. The summed E-state index contributed by atoms with van der Waals surface area (Å²) in [5.74, 6) is 1.93. The lowest BCUT2D eigenvalue weighted by atomic mass is 9.93. The van der Waals surface area contributed by atoms with Gasteiger partial charge in [-0.1, -0.05) is 32.9 Å². The van der Waals surface area contributed by atoms with Crippen molar-refractivity contribution in [2.24, 2.45) is 16.8 Å². The third kappa shape index (κ3) is 6.57. The quantitative estimate of drug-likeness (QED) is 0.522. The summed E-state index contributed by atoms with van der Waals surface area (Å²) in [5, 5.41) is 6.45. The number of piperidine rings is 1. The van der Waals surface area contributed by atoms with E-state index in [-0.39, 0.29) is 5.91 Å². The van der Waals surface area contributed by atoms with E-state index < -0.39 is 0 Å². The van der Waals surface area contributed by atoms with Gasteiger partial charge in [0.1, 0.15) is 0 Å².